The average molecular weight is 442 g/mol. The Morgan fingerprint density at radius 3 is 2.73 bits per heavy atom. The molecule has 6 rings (SSSR count). The van der Waals surface area contributed by atoms with Gasteiger partial charge in [0.25, 0.3) is 0 Å². The van der Waals surface area contributed by atoms with Crippen molar-refractivity contribution in [1.29, 1.82) is 0 Å². The maximum absolute atomic E-state index is 6.16. The van der Waals surface area contributed by atoms with E-state index in [1.165, 1.54) is 29.1 Å². The average Bonchev–Trinajstić information content (AvgIpc) is 3.46. The smallest absolute Gasteiger partial charge is 0.208 e. The second-order valence-electron chi connectivity index (χ2n) is 8.77. The molecule has 0 aliphatic carbocycles. The molecule has 0 bridgehead atoms. The zero-order valence-corrected chi connectivity index (χ0v) is 19.0. The van der Waals surface area contributed by atoms with Gasteiger partial charge >= 0.3 is 0 Å². The number of likely N-dealkylation sites (N-methyl/N-ethyl adjacent to an activating group) is 1. The summed E-state index contributed by atoms with van der Waals surface area (Å²) in [7, 11) is 2.23. The number of oxazole rings is 1. The van der Waals surface area contributed by atoms with Crippen molar-refractivity contribution < 1.29 is 4.42 Å². The molecule has 3 aliphatic rings. The molecule has 0 atom stereocenters. The number of thiophene rings is 1. The number of thiazole rings is 1. The standard InChI is InChI=1S/C22H27N5OS2/c1-25-5-3-20-16(9-25)15(13-29-20)8-26-6-2-19-17(10-26)24-22(28-19)12-27-7-4-21-18(11-27)23-14-30-21/h13-14H,2-12H2,1H3. The van der Waals surface area contributed by atoms with Crippen LogP contribution < -0.4 is 0 Å². The molecule has 0 saturated heterocycles. The lowest BCUT2D eigenvalue weighted by molar-refractivity contribution is 0.212. The van der Waals surface area contributed by atoms with Gasteiger partial charge in [-0.2, -0.15) is 0 Å². The van der Waals surface area contributed by atoms with Crippen molar-refractivity contribution in [3.63, 3.8) is 0 Å². The summed E-state index contributed by atoms with van der Waals surface area (Å²) in [4.78, 5) is 19.8. The van der Waals surface area contributed by atoms with Gasteiger partial charge < -0.3 is 9.32 Å². The quantitative estimate of drug-likeness (QED) is 0.619. The van der Waals surface area contributed by atoms with Gasteiger partial charge in [-0.25, -0.2) is 9.97 Å². The number of fused-ring (bicyclic) bond motifs is 3. The van der Waals surface area contributed by atoms with Crippen molar-refractivity contribution in [3.8, 4) is 0 Å². The van der Waals surface area contributed by atoms with Gasteiger partial charge in [-0.3, -0.25) is 9.80 Å². The summed E-state index contributed by atoms with van der Waals surface area (Å²) in [6, 6.07) is 0. The molecule has 8 heteroatoms. The molecular formula is C22H27N5OS2. The fraction of sp³-hybridized carbons (Fsp3) is 0.545. The maximum atomic E-state index is 6.16. The molecule has 0 amide bonds. The van der Waals surface area contributed by atoms with E-state index in [4.69, 9.17) is 9.40 Å². The van der Waals surface area contributed by atoms with Crippen LogP contribution in [0.3, 0.4) is 0 Å². The first-order chi connectivity index (χ1) is 14.7. The molecule has 0 fully saturated rings. The number of rotatable bonds is 4. The summed E-state index contributed by atoms with van der Waals surface area (Å²) in [5, 5.41) is 2.39. The van der Waals surface area contributed by atoms with E-state index in [1.807, 2.05) is 16.8 Å². The second kappa shape index (κ2) is 7.84. The molecule has 0 radical (unpaired) electrons. The summed E-state index contributed by atoms with van der Waals surface area (Å²) in [6.07, 6.45) is 3.26. The molecule has 3 aliphatic heterocycles. The van der Waals surface area contributed by atoms with Gasteiger partial charge in [0.2, 0.25) is 5.89 Å². The normalized spacial score (nSPS) is 20.2. The molecule has 0 N–H and O–H groups in total. The van der Waals surface area contributed by atoms with E-state index in [9.17, 15) is 0 Å². The van der Waals surface area contributed by atoms with Crippen LogP contribution >= 0.6 is 22.7 Å². The lowest BCUT2D eigenvalue weighted by Gasteiger charge is -2.27. The fourth-order valence-electron chi connectivity index (χ4n) is 4.89. The Bertz CT molecular complexity index is 1050. The Kier molecular flexibility index (Phi) is 5.00. The maximum Gasteiger partial charge on any atom is 0.208 e. The Balaban J connectivity index is 1.12. The van der Waals surface area contributed by atoms with Crippen molar-refractivity contribution in [2.24, 2.45) is 0 Å². The zero-order chi connectivity index (χ0) is 20.1. The Morgan fingerprint density at radius 1 is 0.933 bits per heavy atom. The highest BCUT2D eigenvalue weighted by atomic mass is 32.1. The molecule has 0 unspecified atom stereocenters. The summed E-state index contributed by atoms with van der Waals surface area (Å²) < 4.78 is 6.16. The van der Waals surface area contributed by atoms with E-state index >= 15 is 0 Å². The zero-order valence-electron chi connectivity index (χ0n) is 17.4. The van der Waals surface area contributed by atoms with E-state index in [0.29, 0.717) is 0 Å². The molecule has 3 aromatic heterocycles. The van der Waals surface area contributed by atoms with E-state index < -0.39 is 0 Å². The van der Waals surface area contributed by atoms with Crippen LogP contribution in [0.25, 0.3) is 0 Å². The van der Waals surface area contributed by atoms with Crippen LogP contribution in [-0.2, 0) is 52.0 Å². The predicted octanol–water partition coefficient (Wildman–Crippen LogP) is 3.30. The van der Waals surface area contributed by atoms with Crippen LogP contribution in [0.2, 0.25) is 0 Å². The Hall–Kier alpha value is -1.58. The van der Waals surface area contributed by atoms with Gasteiger partial charge in [-0.15, -0.1) is 22.7 Å². The number of hydrogen-bond donors (Lipinski definition) is 0. The first-order valence-electron chi connectivity index (χ1n) is 10.8. The molecule has 6 heterocycles. The molecule has 3 aromatic rings. The molecular weight excluding hydrogens is 414 g/mol. The van der Waals surface area contributed by atoms with E-state index in [0.717, 1.165) is 76.0 Å². The third-order valence-corrected chi connectivity index (χ3v) is 8.65. The van der Waals surface area contributed by atoms with Crippen LogP contribution in [0.5, 0.6) is 0 Å². The van der Waals surface area contributed by atoms with Crippen molar-refractivity contribution >= 4 is 22.7 Å². The summed E-state index contributed by atoms with van der Waals surface area (Å²) in [5.41, 5.74) is 7.44. The minimum Gasteiger partial charge on any atom is -0.444 e. The van der Waals surface area contributed by atoms with E-state index in [2.05, 4.69) is 32.1 Å². The minimum absolute atomic E-state index is 0.786. The molecule has 0 saturated carbocycles. The van der Waals surface area contributed by atoms with Gasteiger partial charge in [-0.05, 0) is 36.4 Å². The van der Waals surface area contributed by atoms with Crippen molar-refractivity contribution in [2.45, 2.75) is 52.0 Å². The summed E-state index contributed by atoms with van der Waals surface area (Å²) >= 11 is 3.73. The van der Waals surface area contributed by atoms with Crippen LogP contribution in [-0.4, -0.2) is 51.3 Å². The molecule has 30 heavy (non-hydrogen) atoms. The second-order valence-corrected chi connectivity index (χ2v) is 10.7. The lowest BCUT2D eigenvalue weighted by Crippen LogP contribution is -2.31. The van der Waals surface area contributed by atoms with Crippen LogP contribution in [0.4, 0.5) is 0 Å². The van der Waals surface area contributed by atoms with E-state index in [-0.39, 0.29) is 0 Å². The van der Waals surface area contributed by atoms with Crippen LogP contribution in [0, 0.1) is 0 Å². The largest absolute Gasteiger partial charge is 0.444 e. The monoisotopic (exact) mass is 441 g/mol. The fourth-order valence-corrected chi connectivity index (χ4v) is 6.71. The number of aromatic nitrogens is 2. The highest BCUT2D eigenvalue weighted by molar-refractivity contribution is 7.10. The topological polar surface area (TPSA) is 48.6 Å². The summed E-state index contributed by atoms with van der Waals surface area (Å²) in [6.45, 7) is 8.01. The third-order valence-electron chi connectivity index (χ3n) is 6.57. The van der Waals surface area contributed by atoms with Crippen LogP contribution in [0.1, 0.15) is 43.9 Å². The highest BCUT2D eigenvalue weighted by Gasteiger charge is 2.26. The molecule has 0 spiro atoms. The third kappa shape index (κ3) is 3.65. The van der Waals surface area contributed by atoms with Crippen molar-refractivity contribution in [1.82, 2.24) is 24.7 Å². The molecule has 0 aromatic carbocycles. The lowest BCUT2D eigenvalue weighted by atomic mass is 10.0. The SMILES string of the molecule is CN1CCc2scc(CN3CCc4oc(CN5CCc6scnc6C5)nc4C3)c2C1. The number of hydrogen-bond acceptors (Lipinski definition) is 8. The first-order valence-corrected chi connectivity index (χ1v) is 12.6. The molecule has 6 nitrogen and oxygen atoms in total. The van der Waals surface area contributed by atoms with Crippen molar-refractivity contribution in [3.05, 3.63) is 54.8 Å². The van der Waals surface area contributed by atoms with Gasteiger partial charge in [0, 0.05) is 62.0 Å². The predicted molar refractivity (Wildman–Crippen MR) is 119 cm³/mol. The summed E-state index contributed by atoms with van der Waals surface area (Å²) in [5.74, 6) is 1.97. The van der Waals surface area contributed by atoms with Gasteiger partial charge in [0.1, 0.15) is 5.76 Å². The first kappa shape index (κ1) is 19.1. The van der Waals surface area contributed by atoms with Crippen molar-refractivity contribution in [2.75, 3.05) is 26.7 Å². The van der Waals surface area contributed by atoms with Crippen LogP contribution in [0.15, 0.2) is 15.3 Å². The number of nitrogens with zero attached hydrogens (tertiary/aromatic N) is 5. The van der Waals surface area contributed by atoms with Gasteiger partial charge in [0.15, 0.2) is 0 Å². The van der Waals surface area contributed by atoms with E-state index in [1.54, 1.807) is 21.8 Å². The Morgan fingerprint density at radius 2 is 1.77 bits per heavy atom. The van der Waals surface area contributed by atoms with Gasteiger partial charge in [-0.1, -0.05) is 0 Å². The van der Waals surface area contributed by atoms with Gasteiger partial charge in [0.05, 0.1) is 23.4 Å². The molecule has 158 valence electrons. The minimum atomic E-state index is 0.786. The Labute approximate surface area is 185 Å². The highest BCUT2D eigenvalue weighted by Crippen LogP contribution is 2.31.